The van der Waals surface area contributed by atoms with E-state index in [0.29, 0.717) is 34.0 Å². The van der Waals surface area contributed by atoms with Crippen molar-refractivity contribution < 1.29 is 19.1 Å². The van der Waals surface area contributed by atoms with Gasteiger partial charge in [-0.15, -0.1) is 0 Å². The van der Waals surface area contributed by atoms with E-state index in [9.17, 15) is 9.59 Å². The maximum Gasteiger partial charge on any atom is 0.256 e. The number of benzene rings is 6. The largest absolute Gasteiger partial charge is 0.495 e. The van der Waals surface area contributed by atoms with Gasteiger partial charge >= 0.3 is 0 Å². The molecule has 0 aliphatic carbocycles. The van der Waals surface area contributed by atoms with E-state index in [1.165, 1.54) is 11.1 Å². The van der Waals surface area contributed by atoms with Crippen LogP contribution in [0.4, 0.5) is 11.4 Å². The molecule has 0 fully saturated rings. The van der Waals surface area contributed by atoms with Crippen LogP contribution in [0.25, 0.3) is 55.4 Å². The number of ether oxygens (including phenoxy) is 2. The van der Waals surface area contributed by atoms with Crippen molar-refractivity contribution >= 4 is 45.0 Å². The fourth-order valence-corrected chi connectivity index (χ4v) is 7.15. The Kier molecular flexibility index (Phi) is 10.2. The number of aromatic nitrogens is 2. The van der Waals surface area contributed by atoms with Crippen molar-refractivity contribution in [3.05, 3.63) is 167 Å². The normalized spacial score (nSPS) is 11.1. The third-order valence-electron chi connectivity index (χ3n) is 10.8. The summed E-state index contributed by atoms with van der Waals surface area (Å²) in [4.78, 5) is 37.8. The zero-order valence-electron chi connectivity index (χ0n) is 33.2. The monoisotopic (exact) mass is 762 g/mol. The van der Waals surface area contributed by atoms with Gasteiger partial charge in [-0.1, -0.05) is 72.8 Å². The molecule has 0 radical (unpaired) electrons. The molecule has 0 atom stereocenters. The van der Waals surface area contributed by atoms with Crippen LogP contribution in [-0.2, 0) is 0 Å². The highest BCUT2D eigenvalue weighted by atomic mass is 16.5. The summed E-state index contributed by atoms with van der Waals surface area (Å²) >= 11 is 0. The summed E-state index contributed by atoms with van der Waals surface area (Å²) in [6.07, 6.45) is 0. The first-order valence-electron chi connectivity index (χ1n) is 19.0. The molecule has 8 rings (SSSR count). The SMILES string of the molecule is COc1cc(-c2ccc(NC(=O)c3cc(-c4ccc(C)c(C)c4)nc4ccccc34)c(OC)c2)ccc1NC(=O)c1cc(-c2ccc(C)c(C)c2)nc2ccccc12. The summed E-state index contributed by atoms with van der Waals surface area (Å²) in [5.41, 5.74) is 13.2. The highest BCUT2D eigenvalue weighted by molar-refractivity contribution is 6.14. The lowest BCUT2D eigenvalue weighted by atomic mass is 10.00. The van der Waals surface area contributed by atoms with Crippen LogP contribution in [0, 0.1) is 27.7 Å². The van der Waals surface area contributed by atoms with Gasteiger partial charge in [-0.05, 0) is 122 Å². The molecule has 0 aliphatic rings. The number of carbonyl (C=O) groups is 2. The van der Waals surface area contributed by atoms with Crippen LogP contribution in [0.1, 0.15) is 43.0 Å². The molecule has 2 aromatic heterocycles. The molecule has 8 aromatic rings. The topological polar surface area (TPSA) is 102 Å². The second-order valence-corrected chi connectivity index (χ2v) is 14.5. The first kappa shape index (κ1) is 37.6. The van der Waals surface area contributed by atoms with Gasteiger partial charge in [-0.2, -0.15) is 0 Å². The molecule has 0 spiro atoms. The number of fused-ring (bicyclic) bond motifs is 2. The van der Waals surface area contributed by atoms with Crippen molar-refractivity contribution in [2.45, 2.75) is 27.7 Å². The van der Waals surface area contributed by atoms with E-state index in [-0.39, 0.29) is 11.8 Å². The fourth-order valence-electron chi connectivity index (χ4n) is 7.15. The number of hydrogen-bond donors (Lipinski definition) is 2. The average Bonchev–Trinajstić information content (AvgIpc) is 3.25. The number of carbonyl (C=O) groups excluding carboxylic acids is 2. The summed E-state index contributed by atoms with van der Waals surface area (Å²) in [7, 11) is 3.14. The zero-order chi connectivity index (χ0) is 40.5. The number of nitrogens with zero attached hydrogens (tertiary/aromatic N) is 2. The molecule has 8 heteroatoms. The fraction of sp³-hybridized carbons (Fsp3) is 0.120. The lowest BCUT2D eigenvalue weighted by molar-refractivity contribution is 0.102. The van der Waals surface area contributed by atoms with Crippen LogP contribution in [0.2, 0.25) is 0 Å². The molecule has 0 bridgehead atoms. The van der Waals surface area contributed by atoms with Crippen molar-refractivity contribution in [1.29, 1.82) is 0 Å². The maximum atomic E-state index is 14.0. The van der Waals surface area contributed by atoms with E-state index in [1.54, 1.807) is 14.2 Å². The number of hydrogen-bond acceptors (Lipinski definition) is 6. The second-order valence-electron chi connectivity index (χ2n) is 14.5. The molecule has 0 aliphatic heterocycles. The highest BCUT2D eigenvalue weighted by Gasteiger charge is 2.19. The molecule has 2 heterocycles. The lowest BCUT2D eigenvalue weighted by Crippen LogP contribution is -2.14. The predicted octanol–water partition coefficient (Wildman–Crippen LogP) is 11.5. The van der Waals surface area contributed by atoms with Crippen molar-refractivity contribution in [2.75, 3.05) is 24.9 Å². The molecule has 8 nitrogen and oxygen atoms in total. The van der Waals surface area contributed by atoms with E-state index in [0.717, 1.165) is 66.6 Å². The van der Waals surface area contributed by atoms with Crippen molar-refractivity contribution in [3.8, 4) is 45.1 Å². The van der Waals surface area contributed by atoms with Crippen LogP contribution in [0.3, 0.4) is 0 Å². The number of para-hydroxylation sites is 2. The number of pyridine rings is 2. The minimum Gasteiger partial charge on any atom is -0.495 e. The van der Waals surface area contributed by atoms with Gasteiger partial charge in [0.05, 0.1) is 59.1 Å². The minimum atomic E-state index is -0.278. The molecule has 2 N–H and O–H groups in total. The number of aryl methyl sites for hydroxylation is 4. The quantitative estimate of drug-likeness (QED) is 0.152. The third-order valence-corrected chi connectivity index (χ3v) is 10.8. The summed E-state index contributed by atoms with van der Waals surface area (Å²) in [5, 5.41) is 7.66. The van der Waals surface area contributed by atoms with Crippen molar-refractivity contribution in [1.82, 2.24) is 9.97 Å². The molecule has 0 saturated carbocycles. The second kappa shape index (κ2) is 15.7. The van der Waals surface area contributed by atoms with Crippen LogP contribution >= 0.6 is 0 Å². The third kappa shape index (κ3) is 7.35. The Morgan fingerprint density at radius 1 is 0.448 bits per heavy atom. The molecular weight excluding hydrogens is 721 g/mol. The van der Waals surface area contributed by atoms with Gasteiger partial charge < -0.3 is 20.1 Å². The van der Waals surface area contributed by atoms with E-state index in [4.69, 9.17) is 19.4 Å². The lowest BCUT2D eigenvalue weighted by Gasteiger charge is -2.16. The van der Waals surface area contributed by atoms with Gasteiger partial charge in [-0.25, -0.2) is 9.97 Å². The summed E-state index contributed by atoms with van der Waals surface area (Å²) in [6, 6.07) is 42.6. The van der Waals surface area contributed by atoms with Gasteiger partial charge in [0.25, 0.3) is 11.8 Å². The molecule has 58 heavy (non-hydrogen) atoms. The number of anilines is 2. The Balaban J connectivity index is 1.06. The van der Waals surface area contributed by atoms with Crippen molar-refractivity contribution in [3.63, 3.8) is 0 Å². The number of methoxy groups -OCH3 is 2. The maximum absolute atomic E-state index is 14.0. The average molecular weight is 763 g/mol. The molecule has 0 unspecified atom stereocenters. The standard InChI is InChI=1S/C50H42N4O4/c1-29-15-17-35(23-31(29)3)45-27-39(37-11-7-9-13-41(37)51-45)49(55)53-43-21-19-33(25-47(43)57-5)34-20-22-44(48(26-34)58-6)54-50(56)40-28-46(36-18-16-30(2)32(4)24-36)52-42-14-10-8-12-38(40)42/h7-28H,1-6H3,(H,53,55)(H,54,56). The Bertz CT molecular complexity index is 2720. The minimum absolute atomic E-state index is 0.278. The molecule has 0 saturated heterocycles. The van der Waals surface area contributed by atoms with Crippen LogP contribution in [-0.4, -0.2) is 36.0 Å². The Labute approximate surface area is 337 Å². The van der Waals surface area contributed by atoms with E-state index in [2.05, 4.69) is 62.6 Å². The molecule has 6 aromatic carbocycles. The van der Waals surface area contributed by atoms with Gasteiger partial charge in [0, 0.05) is 21.9 Å². The number of rotatable bonds is 9. The van der Waals surface area contributed by atoms with E-state index >= 15 is 0 Å². The molecule has 286 valence electrons. The van der Waals surface area contributed by atoms with Gasteiger partial charge in [-0.3, -0.25) is 9.59 Å². The first-order chi connectivity index (χ1) is 28.1. The molecule has 2 amide bonds. The summed E-state index contributed by atoms with van der Waals surface area (Å²) < 4.78 is 11.6. The number of nitrogens with one attached hydrogen (secondary N) is 2. The first-order valence-corrected chi connectivity index (χ1v) is 19.0. The summed E-state index contributed by atoms with van der Waals surface area (Å²) in [5.74, 6) is 0.414. The van der Waals surface area contributed by atoms with Crippen molar-refractivity contribution in [2.24, 2.45) is 0 Å². The van der Waals surface area contributed by atoms with Gasteiger partial charge in [0.2, 0.25) is 0 Å². The number of amides is 2. The zero-order valence-corrected chi connectivity index (χ0v) is 33.2. The van der Waals surface area contributed by atoms with Gasteiger partial charge in [0.15, 0.2) is 0 Å². The Morgan fingerprint density at radius 2 is 0.845 bits per heavy atom. The van der Waals surface area contributed by atoms with Gasteiger partial charge in [0.1, 0.15) is 11.5 Å². The van der Waals surface area contributed by atoms with Crippen LogP contribution in [0.5, 0.6) is 11.5 Å². The Hall–Kier alpha value is -7.32. The van der Waals surface area contributed by atoms with E-state index in [1.807, 2.05) is 109 Å². The van der Waals surface area contributed by atoms with E-state index < -0.39 is 0 Å². The predicted molar refractivity (Wildman–Crippen MR) is 234 cm³/mol. The highest BCUT2D eigenvalue weighted by Crippen LogP contribution is 2.37. The van der Waals surface area contributed by atoms with Crippen LogP contribution < -0.4 is 20.1 Å². The van der Waals surface area contributed by atoms with Crippen LogP contribution in [0.15, 0.2) is 133 Å². The molecular formula is C50H42N4O4. The summed E-state index contributed by atoms with van der Waals surface area (Å²) in [6.45, 7) is 8.29. The Morgan fingerprint density at radius 3 is 1.24 bits per heavy atom. The smallest absolute Gasteiger partial charge is 0.256 e.